The van der Waals surface area contributed by atoms with Crippen LogP contribution in [-0.2, 0) is 0 Å². The number of aliphatic hydroxyl groups is 1. The number of hydrogen-bond acceptors (Lipinski definition) is 6. The Balaban J connectivity index is 1.91. The van der Waals surface area contributed by atoms with Crippen LogP contribution in [0.5, 0.6) is 5.88 Å². The number of methoxy groups -OCH3 is 1. The van der Waals surface area contributed by atoms with E-state index in [2.05, 4.69) is 19.9 Å². The summed E-state index contributed by atoms with van der Waals surface area (Å²) in [6.45, 7) is 1.57. The topological polar surface area (TPSA) is 71.4 Å². The molecule has 0 aliphatic carbocycles. The number of pyridine rings is 1. The molecule has 0 radical (unpaired) electrons. The number of anilines is 1. The van der Waals surface area contributed by atoms with Gasteiger partial charge in [-0.15, -0.1) is 0 Å². The molecule has 0 unspecified atom stereocenters. The molecular weight excluding hydrogens is 304 g/mol. The van der Waals surface area contributed by atoms with E-state index in [0.717, 1.165) is 31.7 Å². The third-order valence-corrected chi connectivity index (χ3v) is 4.01. The van der Waals surface area contributed by atoms with Crippen LogP contribution < -0.4 is 9.64 Å². The lowest BCUT2D eigenvalue weighted by atomic mass is 10.1. The van der Waals surface area contributed by atoms with Crippen LogP contribution in [0, 0.1) is 0 Å². The molecule has 0 atom stereocenters. The van der Waals surface area contributed by atoms with E-state index in [0.29, 0.717) is 22.3 Å². The highest BCUT2D eigenvalue weighted by Crippen LogP contribution is 2.28. The van der Waals surface area contributed by atoms with Gasteiger partial charge in [-0.3, -0.25) is 0 Å². The molecule has 1 N–H and O–H groups in total. The second-order valence-corrected chi connectivity index (χ2v) is 5.57. The Hall–Kier alpha value is -1.92. The van der Waals surface area contributed by atoms with Crippen LogP contribution in [0.25, 0.3) is 11.4 Å². The van der Waals surface area contributed by atoms with Gasteiger partial charge < -0.3 is 14.7 Å². The molecule has 0 saturated carbocycles. The number of aromatic nitrogens is 3. The molecule has 3 rings (SSSR count). The van der Waals surface area contributed by atoms with E-state index in [-0.39, 0.29) is 6.10 Å². The van der Waals surface area contributed by atoms with E-state index in [1.54, 1.807) is 19.4 Å². The largest absolute Gasteiger partial charge is 0.481 e. The Labute approximate surface area is 133 Å². The monoisotopic (exact) mass is 320 g/mol. The molecular formula is C15H17ClN4O2. The van der Waals surface area contributed by atoms with Gasteiger partial charge in [0.05, 0.1) is 24.4 Å². The van der Waals surface area contributed by atoms with Gasteiger partial charge in [0.1, 0.15) is 5.82 Å². The van der Waals surface area contributed by atoms with Crippen LogP contribution >= 0.6 is 11.6 Å². The smallest absolute Gasteiger partial charge is 0.213 e. The predicted octanol–water partition coefficient (Wildman–Crippen LogP) is 2.16. The Morgan fingerprint density at radius 1 is 1.32 bits per heavy atom. The average Bonchev–Trinajstić information content (AvgIpc) is 2.56. The van der Waals surface area contributed by atoms with Gasteiger partial charge >= 0.3 is 0 Å². The maximum absolute atomic E-state index is 9.60. The first-order chi connectivity index (χ1) is 10.7. The Morgan fingerprint density at radius 3 is 2.82 bits per heavy atom. The lowest BCUT2D eigenvalue weighted by Crippen LogP contribution is -2.36. The molecule has 3 heterocycles. The first-order valence-electron chi connectivity index (χ1n) is 7.13. The van der Waals surface area contributed by atoms with Crippen molar-refractivity contribution in [3.63, 3.8) is 0 Å². The zero-order valence-electron chi connectivity index (χ0n) is 12.2. The molecule has 7 heteroatoms. The number of halogens is 1. The van der Waals surface area contributed by atoms with Crippen LogP contribution in [0.2, 0.25) is 5.02 Å². The highest BCUT2D eigenvalue weighted by atomic mass is 35.5. The van der Waals surface area contributed by atoms with Crippen molar-refractivity contribution in [3.05, 3.63) is 29.5 Å². The summed E-state index contributed by atoms with van der Waals surface area (Å²) in [6, 6.07) is 3.59. The summed E-state index contributed by atoms with van der Waals surface area (Å²) in [5.74, 6) is 1.84. The van der Waals surface area contributed by atoms with Crippen molar-refractivity contribution in [2.24, 2.45) is 0 Å². The standard InChI is InChI=1S/C15H17ClN4O2/c1-22-14-8-11(12(16)9-18-14)15-17-5-2-13(19-15)20-6-3-10(21)4-7-20/h2,5,8-10,21H,3-4,6-7H2,1H3. The van der Waals surface area contributed by atoms with E-state index in [4.69, 9.17) is 16.3 Å². The maximum atomic E-state index is 9.60. The van der Waals surface area contributed by atoms with Gasteiger partial charge in [0.2, 0.25) is 5.88 Å². The van der Waals surface area contributed by atoms with Crippen molar-refractivity contribution in [1.29, 1.82) is 0 Å². The van der Waals surface area contributed by atoms with Gasteiger partial charge in [0, 0.05) is 30.9 Å². The van der Waals surface area contributed by atoms with Gasteiger partial charge in [0.25, 0.3) is 0 Å². The fourth-order valence-corrected chi connectivity index (χ4v) is 2.64. The van der Waals surface area contributed by atoms with Crippen molar-refractivity contribution in [2.45, 2.75) is 18.9 Å². The van der Waals surface area contributed by atoms with Gasteiger partial charge in [-0.05, 0) is 18.9 Å². The minimum atomic E-state index is -0.212. The second kappa shape index (κ2) is 6.46. The fraction of sp³-hybridized carbons (Fsp3) is 0.400. The zero-order chi connectivity index (χ0) is 15.5. The van der Waals surface area contributed by atoms with E-state index in [1.807, 2.05) is 6.07 Å². The molecule has 1 saturated heterocycles. The fourth-order valence-electron chi connectivity index (χ4n) is 2.45. The van der Waals surface area contributed by atoms with E-state index in [9.17, 15) is 5.11 Å². The molecule has 2 aromatic heterocycles. The minimum Gasteiger partial charge on any atom is -0.481 e. The minimum absolute atomic E-state index is 0.212. The molecule has 0 aromatic carbocycles. The highest BCUT2D eigenvalue weighted by molar-refractivity contribution is 6.33. The number of aliphatic hydroxyl groups excluding tert-OH is 1. The highest BCUT2D eigenvalue weighted by Gasteiger charge is 2.19. The van der Waals surface area contributed by atoms with Crippen molar-refractivity contribution in [3.8, 4) is 17.3 Å². The zero-order valence-corrected chi connectivity index (χ0v) is 13.0. The molecule has 1 aliphatic heterocycles. The predicted molar refractivity (Wildman–Crippen MR) is 84.3 cm³/mol. The van der Waals surface area contributed by atoms with Gasteiger partial charge in [0.15, 0.2) is 5.82 Å². The molecule has 1 fully saturated rings. The van der Waals surface area contributed by atoms with Crippen molar-refractivity contribution < 1.29 is 9.84 Å². The lowest BCUT2D eigenvalue weighted by molar-refractivity contribution is 0.145. The van der Waals surface area contributed by atoms with Crippen LogP contribution in [0.1, 0.15) is 12.8 Å². The number of nitrogens with zero attached hydrogens (tertiary/aromatic N) is 4. The first kappa shape index (κ1) is 15.0. The van der Waals surface area contributed by atoms with Gasteiger partial charge in [-0.25, -0.2) is 15.0 Å². The molecule has 6 nitrogen and oxygen atoms in total. The maximum Gasteiger partial charge on any atom is 0.213 e. The third kappa shape index (κ3) is 3.13. The Bertz CT molecular complexity index is 660. The Morgan fingerprint density at radius 2 is 2.09 bits per heavy atom. The average molecular weight is 321 g/mol. The summed E-state index contributed by atoms with van der Waals surface area (Å²) in [7, 11) is 1.55. The molecule has 2 aromatic rings. The van der Waals surface area contributed by atoms with E-state index >= 15 is 0 Å². The SMILES string of the molecule is COc1cc(-c2nccc(N3CCC(O)CC3)n2)c(Cl)cn1. The quantitative estimate of drug-likeness (QED) is 0.934. The van der Waals surface area contributed by atoms with Crippen LogP contribution in [-0.4, -0.2) is 46.4 Å². The normalized spacial score (nSPS) is 15.9. The van der Waals surface area contributed by atoms with Crippen molar-refractivity contribution in [2.75, 3.05) is 25.1 Å². The molecule has 1 aliphatic rings. The number of piperidine rings is 1. The molecule has 22 heavy (non-hydrogen) atoms. The van der Waals surface area contributed by atoms with E-state index < -0.39 is 0 Å². The molecule has 116 valence electrons. The van der Waals surface area contributed by atoms with Crippen LogP contribution in [0.3, 0.4) is 0 Å². The summed E-state index contributed by atoms with van der Waals surface area (Å²) in [4.78, 5) is 15.1. The summed E-state index contributed by atoms with van der Waals surface area (Å²) < 4.78 is 5.13. The third-order valence-electron chi connectivity index (χ3n) is 3.71. The molecule has 0 bridgehead atoms. The molecule has 0 spiro atoms. The first-order valence-corrected chi connectivity index (χ1v) is 7.51. The summed E-state index contributed by atoms with van der Waals surface area (Å²) in [5, 5.41) is 10.1. The molecule has 0 amide bonds. The lowest BCUT2D eigenvalue weighted by Gasteiger charge is -2.30. The van der Waals surface area contributed by atoms with Crippen molar-refractivity contribution >= 4 is 17.4 Å². The summed E-state index contributed by atoms with van der Waals surface area (Å²) >= 11 is 6.20. The Kier molecular flexibility index (Phi) is 4.40. The van der Waals surface area contributed by atoms with E-state index in [1.165, 1.54) is 6.20 Å². The van der Waals surface area contributed by atoms with Crippen LogP contribution in [0.15, 0.2) is 24.5 Å². The number of rotatable bonds is 3. The van der Waals surface area contributed by atoms with Crippen molar-refractivity contribution in [1.82, 2.24) is 15.0 Å². The second-order valence-electron chi connectivity index (χ2n) is 5.16. The summed E-state index contributed by atoms with van der Waals surface area (Å²) in [5.41, 5.74) is 0.687. The number of ether oxygens (including phenoxy) is 1. The summed E-state index contributed by atoms with van der Waals surface area (Å²) in [6.07, 6.45) is 4.54. The van der Waals surface area contributed by atoms with Gasteiger partial charge in [-0.2, -0.15) is 0 Å². The van der Waals surface area contributed by atoms with Crippen LogP contribution in [0.4, 0.5) is 5.82 Å². The van der Waals surface area contributed by atoms with Gasteiger partial charge in [-0.1, -0.05) is 11.6 Å². The number of hydrogen-bond donors (Lipinski definition) is 1.